The van der Waals surface area contributed by atoms with Gasteiger partial charge in [-0.15, -0.1) is 0 Å². The Kier molecular flexibility index (Phi) is 5.00. The molecular formula is C20H22ClN3O2. The molecule has 0 radical (unpaired) electrons. The van der Waals surface area contributed by atoms with Gasteiger partial charge < -0.3 is 20.3 Å². The highest BCUT2D eigenvalue weighted by Gasteiger charge is 2.30. The van der Waals surface area contributed by atoms with Crippen LogP contribution in [0.2, 0.25) is 5.02 Å². The van der Waals surface area contributed by atoms with Crippen LogP contribution in [-0.2, 0) is 11.2 Å². The first kappa shape index (κ1) is 17.2. The van der Waals surface area contributed by atoms with Crippen LogP contribution in [0.4, 0.5) is 11.4 Å². The topological polar surface area (TPSA) is 53.6 Å². The Morgan fingerprint density at radius 1 is 1.23 bits per heavy atom. The summed E-state index contributed by atoms with van der Waals surface area (Å²) in [5, 5.41) is 7.15. The summed E-state index contributed by atoms with van der Waals surface area (Å²) < 4.78 is 5.96. The molecule has 1 saturated heterocycles. The van der Waals surface area contributed by atoms with Crippen LogP contribution >= 0.6 is 11.6 Å². The van der Waals surface area contributed by atoms with Gasteiger partial charge in [-0.05, 0) is 23.8 Å². The SMILES string of the molecule is O=C1C[C@H]2CNCCN2c2cc(OCCc3ccccc3Cl)ccc2N1. The van der Waals surface area contributed by atoms with Gasteiger partial charge in [0, 0.05) is 43.6 Å². The predicted molar refractivity (Wildman–Crippen MR) is 104 cm³/mol. The molecule has 2 N–H and O–H groups in total. The summed E-state index contributed by atoms with van der Waals surface area (Å²) in [5.74, 6) is 0.874. The third-order valence-electron chi connectivity index (χ3n) is 4.92. The smallest absolute Gasteiger partial charge is 0.226 e. The number of piperazine rings is 1. The molecule has 2 aromatic rings. The highest BCUT2D eigenvalue weighted by Crippen LogP contribution is 2.35. The number of amides is 1. The molecule has 0 spiro atoms. The summed E-state index contributed by atoms with van der Waals surface area (Å²) in [6, 6.07) is 13.9. The second kappa shape index (κ2) is 7.56. The van der Waals surface area contributed by atoms with Crippen molar-refractivity contribution in [2.45, 2.75) is 18.9 Å². The van der Waals surface area contributed by atoms with Gasteiger partial charge in [0.2, 0.25) is 5.91 Å². The van der Waals surface area contributed by atoms with E-state index in [9.17, 15) is 4.79 Å². The van der Waals surface area contributed by atoms with Crippen molar-refractivity contribution in [2.75, 3.05) is 36.5 Å². The van der Waals surface area contributed by atoms with E-state index in [2.05, 4.69) is 15.5 Å². The number of carbonyl (C=O) groups is 1. The number of hydrogen-bond acceptors (Lipinski definition) is 4. The Bertz CT molecular complexity index is 811. The lowest BCUT2D eigenvalue weighted by molar-refractivity contribution is -0.116. The van der Waals surface area contributed by atoms with Crippen molar-refractivity contribution in [3.05, 3.63) is 53.1 Å². The van der Waals surface area contributed by atoms with Gasteiger partial charge in [0.15, 0.2) is 0 Å². The van der Waals surface area contributed by atoms with Crippen molar-refractivity contribution in [2.24, 2.45) is 0 Å². The fourth-order valence-corrected chi connectivity index (χ4v) is 3.83. The van der Waals surface area contributed by atoms with Crippen LogP contribution < -0.4 is 20.3 Å². The summed E-state index contributed by atoms with van der Waals surface area (Å²) in [4.78, 5) is 14.4. The number of ether oxygens (including phenoxy) is 1. The largest absolute Gasteiger partial charge is 0.493 e. The van der Waals surface area contributed by atoms with Crippen molar-refractivity contribution < 1.29 is 9.53 Å². The zero-order valence-electron chi connectivity index (χ0n) is 14.5. The minimum absolute atomic E-state index is 0.0647. The zero-order chi connectivity index (χ0) is 17.9. The Morgan fingerprint density at radius 3 is 3.00 bits per heavy atom. The second-order valence-corrected chi connectivity index (χ2v) is 7.08. The summed E-state index contributed by atoms with van der Waals surface area (Å²) in [5.41, 5.74) is 2.98. The average Bonchev–Trinajstić information content (AvgIpc) is 2.78. The minimum atomic E-state index is 0.0647. The Labute approximate surface area is 158 Å². The van der Waals surface area contributed by atoms with Crippen molar-refractivity contribution >= 4 is 28.9 Å². The number of nitrogens with one attached hydrogen (secondary N) is 2. The lowest BCUT2D eigenvalue weighted by Crippen LogP contribution is -2.51. The summed E-state index contributed by atoms with van der Waals surface area (Å²) >= 11 is 6.20. The molecule has 2 aromatic carbocycles. The molecule has 0 saturated carbocycles. The molecule has 6 heteroatoms. The van der Waals surface area contributed by atoms with Crippen molar-refractivity contribution in [1.82, 2.24) is 5.32 Å². The summed E-state index contributed by atoms with van der Waals surface area (Å²) in [6.45, 7) is 3.18. The first-order valence-corrected chi connectivity index (χ1v) is 9.36. The first-order valence-electron chi connectivity index (χ1n) is 8.98. The number of hydrogen-bond donors (Lipinski definition) is 2. The number of nitrogens with zero attached hydrogens (tertiary/aromatic N) is 1. The van der Waals surface area contributed by atoms with Gasteiger partial charge in [-0.3, -0.25) is 4.79 Å². The molecule has 136 valence electrons. The van der Waals surface area contributed by atoms with E-state index in [1.807, 2.05) is 42.5 Å². The lowest BCUT2D eigenvalue weighted by Gasteiger charge is -2.36. The van der Waals surface area contributed by atoms with Crippen LogP contribution in [0.1, 0.15) is 12.0 Å². The number of anilines is 2. The predicted octanol–water partition coefficient (Wildman–Crippen LogP) is 3.08. The van der Waals surface area contributed by atoms with E-state index in [-0.39, 0.29) is 11.9 Å². The molecule has 0 aliphatic carbocycles. The van der Waals surface area contributed by atoms with Gasteiger partial charge in [0.05, 0.1) is 24.0 Å². The molecule has 2 aliphatic heterocycles. The molecule has 1 fully saturated rings. The molecule has 4 rings (SSSR count). The van der Waals surface area contributed by atoms with Crippen LogP contribution in [0.15, 0.2) is 42.5 Å². The molecule has 0 aromatic heterocycles. The molecule has 26 heavy (non-hydrogen) atoms. The van der Waals surface area contributed by atoms with E-state index >= 15 is 0 Å². The van der Waals surface area contributed by atoms with Crippen molar-refractivity contribution in [3.63, 3.8) is 0 Å². The number of carbonyl (C=O) groups excluding carboxylic acids is 1. The number of fused-ring (bicyclic) bond motifs is 3. The molecule has 1 atom stereocenters. The quantitative estimate of drug-likeness (QED) is 0.867. The van der Waals surface area contributed by atoms with E-state index in [0.717, 1.165) is 53.8 Å². The molecular weight excluding hydrogens is 350 g/mol. The minimum Gasteiger partial charge on any atom is -0.493 e. The molecule has 1 amide bonds. The molecule has 5 nitrogen and oxygen atoms in total. The number of rotatable bonds is 4. The summed E-state index contributed by atoms with van der Waals surface area (Å²) in [6.07, 6.45) is 1.26. The van der Waals surface area contributed by atoms with Gasteiger partial charge in [-0.25, -0.2) is 0 Å². The Hall–Kier alpha value is -2.24. The summed E-state index contributed by atoms with van der Waals surface area (Å²) in [7, 11) is 0. The zero-order valence-corrected chi connectivity index (χ0v) is 15.3. The van der Waals surface area contributed by atoms with Crippen molar-refractivity contribution in [3.8, 4) is 5.75 Å². The normalized spacial score (nSPS) is 19.2. The standard InChI is InChI=1S/C20H22ClN3O2/c21-17-4-2-1-3-14(17)7-10-26-16-5-6-18-19(12-16)24-9-8-22-13-15(24)11-20(25)23-18/h1-6,12,15,22H,7-11,13H2,(H,23,25)/t15-/m0/s1. The maximum Gasteiger partial charge on any atom is 0.226 e. The number of benzene rings is 2. The monoisotopic (exact) mass is 371 g/mol. The van der Waals surface area contributed by atoms with Crippen LogP contribution in [0.5, 0.6) is 5.75 Å². The molecule has 2 heterocycles. The van der Waals surface area contributed by atoms with E-state index in [0.29, 0.717) is 13.0 Å². The van der Waals surface area contributed by atoms with E-state index in [1.54, 1.807) is 0 Å². The highest BCUT2D eigenvalue weighted by molar-refractivity contribution is 6.31. The van der Waals surface area contributed by atoms with Crippen molar-refractivity contribution in [1.29, 1.82) is 0 Å². The molecule has 0 unspecified atom stereocenters. The second-order valence-electron chi connectivity index (χ2n) is 6.67. The Morgan fingerprint density at radius 2 is 2.12 bits per heavy atom. The van der Waals surface area contributed by atoms with Gasteiger partial charge >= 0.3 is 0 Å². The van der Waals surface area contributed by atoms with E-state index in [1.165, 1.54) is 0 Å². The van der Waals surface area contributed by atoms with Gasteiger partial charge in [-0.2, -0.15) is 0 Å². The first-order chi connectivity index (χ1) is 12.7. The van der Waals surface area contributed by atoms with Crippen LogP contribution in [0.3, 0.4) is 0 Å². The lowest BCUT2D eigenvalue weighted by atomic mass is 10.1. The third-order valence-corrected chi connectivity index (χ3v) is 5.29. The fraction of sp³-hybridized carbons (Fsp3) is 0.350. The fourth-order valence-electron chi connectivity index (χ4n) is 3.60. The van der Waals surface area contributed by atoms with Gasteiger partial charge in [0.25, 0.3) is 0 Å². The Balaban J connectivity index is 1.50. The van der Waals surface area contributed by atoms with Crippen LogP contribution in [-0.4, -0.2) is 38.2 Å². The van der Waals surface area contributed by atoms with Gasteiger partial charge in [-0.1, -0.05) is 29.8 Å². The maximum atomic E-state index is 12.1. The van der Waals surface area contributed by atoms with Crippen LogP contribution in [0, 0.1) is 0 Å². The molecule has 0 bridgehead atoms. The van der Waals surface area contributed by atoms with Crippen LogP contribution in [0.25, 0.3) is 0 Å². The third kappa shape index (κ3) is 3.64. The average molecular weight is 372 g/mol. The number of halogens is 1. The van der Waals surface area contributed by atoms with E-state index in [4.69, 9.17) is 16.3 Å². The van der Waals surface area contributed by atoms with Gasteiger partial charge in [0.1, 0.15) is 5.75 Å². The highest BCUT2D eigenvalue weighted by atomic mass is 35.5. The molecule has 2 aliphatic rings. The maximum absolute atomic E-state index is 12.1. The van der Waals surface area contributed by atoms with E-state index < -0.39 is 0 Å².